The third kappa shape index (κ3) is 7.72. The van der Waals surface area contributed by atoms with E-state index < -0.39 is 28.1 Å². The van der Waals surface area contributed by atoms with Gasteiger partial charge in [0.05, 0.1) is 11.4 Å². The maximum atomic E-state index is 12.3. The molecule has 1 aromatic carbocycles. The highest BCUT2D eigenvalue weighted by Gasteiger charge is 2.29. The molecule has 0 aromatic heterocycles. The van der Waals surface area contributed by atoms with E-state index in [-0.39, 0.29) is 24.0 Å². The number of aliphatic carboxylic acids is 1. The summed E-state index contributed by atoms with van der Waals surface area (Å²) in [5.74, 6) is -1.44. The van der Waals surface area contributed by atoms with Crippen LogP contribution >= 0.6 is 0 Å². The Kier molecular flexibility index (Phi) is 8.63. The lowest BCUT2D eigenvalue weighted by molar-refractivity contribution is -0.139. The Labute approximate surface area is 181 Å². The van der Waals surface area contributed by atoms with Gasteiger partial charge in [0.1, 0.15) is 11.8 Å². The summed E-state index contributed by atoms with van der Waals surface area (Å²) in [6.07, 6.45) is 1.35. The molecule has 0 saturated heterocycles. The van der Waals surface area contributed by atoms with Crippen LogP contribution in [0.15, 0.2) is 18.2 Å². The van der Waals surface area contributed by atoms with Gasteiger partial charge in [-0.3, -0.25) is 15.0 Å². The summed E-state index contributed by atoms with van der Waals surface area (Å²) in [5, 5.41) is 21.9. The fourth-order valence-electron chi connectivity index (χ4n) is 3.05. The van der Waals surface area contributed by atoms with Crippen molar-refractivity contribution >= 4 is 33.5 Å². The van der Waals surface area contributed by atoms with Crippen LogP contribution < -0.4 is 25.8 Å². The number of nitrogens with two attached hydrogens (primary N) is 1. The number of carboxylic acid groups (broad SMARTS) is 1. The minimum absolute atomic E-state index is 0.0794. The van der Waals surface area contributed by atoms with Crippen LogP contribution in [0, 0.1) is 5.41 Å². The Bertz CT molecular complexity index is 920. The zero-order valence-corrected chi connectivity index (χ0v) is 18.1. The molecule has 2 atom stereocenters. The molecule has 0 radical (unpaired) electrons. The van der Waals surface area contributed by atoms with E-state index in [0.717, 1.165) is 0 Å². The average molecular weight is 456 g/mol. The van der Waals surface area contributed by atoms with Crippen molar-refractivity contribution in [2.24, 2.45) is 5.73 Å². The van der Waals surface area contributed by atoms with E-state index in [4.69, 9.17) is 15.9 Å². The van der Waals surface area contributed by atoms with E-state index in [1.807, 2.05) is 6.92 Å². The molecule has 1 amide bonds. The minimum Gasteiger partial charge on any atom is -0.480 e. The number of hydrogen-bond acceptors (Lipinski definition) is 6. The average Bonchev–Trinajstić information content (AvgIpc) is 2.69. The van der Waals surface area contributed by atoms with Crippen molar-refractivity contribution in [3.8, 4) is 5.75 Å². The Balaban J connectivity index is 2.02. The van der Waals surface area contributed by atoms with Gasteiger partial charge in [-0.05, 0) is 43.4 Å². The van der Waals surface area contributed by atoms with Crippen molar-refractivity contribution in [1.82, 2.24) is 10.0 Å². The number of fused-ring (bicyclic) bond motifs is 1. The summed E-state index contributed by atoms with van der Waals surface area (Å²) >= 11 is 0. The van der Waals surface area contributed by atoms with Crippen LogP contribution in [-0.4, -0.2) is 55.8 Å². The summed E-state index contributed by atoms with van der Waals surface area (Å²) < 4.78 is 32.1. The monoisotopic (exact) mass is 455 g/mol. The Morgan fingerprint density at radius 3 is 2.77 bits per heavy atom. The molecule has 1 unspecified atom stereocenters. The van der Waals surface area contributed by atoms with Crippen molar-refractivity contribution < 1.29 is 27.9 Å². The lowest BCUT2D eigenvalue weighted by Crippen LogP contribution is -2.43. The van der Waals surface area contributed by atoms with Gasteiger partial charge in [0.15, 0.2) is 12.1 Å². The van der Waals surface area contributed by atoms with Crippen molar-refractivity contribution in [2.75, 3.05) is 17.6 Å². The van der Waals surface area contributed by atoms with E-state index in [0.29, 0.717) is 49.2 Å². The number of nitrogens with one attached hydrogen (secondary N) is 4. The molecule has 31 heavy (non-hydrogen) atoms. The second-order valence-corrected chi connectivity index (χ2v) is 9.17. The van der Waals surface area contributed by atoms with Crippen LogP contribution in [0.4, 0.5) is 5.69 Å². The lowest BCUT2D eigenvalue weighted by Gasteiger charge is -2.26. The molecule has 0 spiro atoms. The first kappa shape index (κ1) is 24.4. The van der Waals surface area contributed by atoms with Gasteiger partial charge in [0.2, 0.25) is 10.0 Å². The third-order valence-corrected chi connectivity index (χ3v) is 6.12. The molecular formula is C19H29N5O6S. The first-order valence-corrected chi connectivity index (χ1v) is 11.7. The van der Waals surface area contributed by atoms with Crippen LogP contribution in [0.1, 0.15) is 38.2 Å². The third-order valence-electron chi connectivity index (χ3n) is 4.65. The SMILES string of the molecule is CCCCS(=O)(=O)N[C@@H](Cc1ccc2c(c1)NC(=O)C(CCCNC(=N)N)O2)C(=O)O. The van der Waals surface area contributed by atoms with Crippen LogP contribution in [0.5, 0.6) is 5.75 Å². The number of rotatable bonds is 12. The first-order chi connectivity index (χ1) is 14.6. The van der Waals surface area contributed by atoms with Crippen molar-refractivity contribution in [1.29, 1.82) is 5.41 Å². The van der Waals surface area contributed by atoms with Crippen molar-refractivity contribution in [3.63, 3.8) is 0 Å². The molecule has 7 N–H and O–H groups in total. The Morgan fingerprint density at radius 1 is 1.39 bits per heavy atom. The minimum atomic E-state index is -3.71. The zero-order chi connectivity index (χ0) is 23.0. The van der Waals surface area contributed by atoms with E-state index in [1.54, 1.807) is 18.2 Å². The predicted octanol–water partition coefficient (Wildman–Crippen LogP) is 0.365. The van der Waals surface area contributed by atoms with Crippen molar-refractivity contribution in [3.05, 3.63) is 23.8 Å². The van der Waals surface area contributed by atoms with Gasteiger partial charge in [-0.2, -0.15) is 0 Å². The number of carbonyl (C=O) groups is 2. The highest BCUT2D eigenvalue weighted by Crippen LogP contribution is 2.32. The molecule has 0 aliphatic carbocycles. The molecule has 1 aliphatic rings. The van der Waals surface area contributed by atoms with Gasteiger partial charge >= 0.3 is 5.97 Å². The molecule has 0 fully saturated rings. The van der Waals surface area contributed by atoms with Gasteiger partial charge in [-0.25, -0.2) is 13.1 Å². The second-order valence-electron chi connectivity index (χ2n) is 7.29. The first-order valence-electron chi connectivity index (χ1n) is 10.0. The van der Waals surface area contributed by atoms with Crippen LogP contribution in [-0.2, 0) is 26.0 Å². The molecule has 172 valence electrons. The number of hydrogen-bond donors (Lipinski definition) is 6. The number of guanidine groups is 1. The fourth-order valence-corrected chi connectivity index (χ4v) is 4.45. The predicted molar refractivity (Wildman–Crippen MR) is 116 cm³/mol. The molecule has 1 aromatic rings. The number of carboxylic acids is 1. The summed E-state index contributed by atoms with van der Waals surface area (Å²) in [5.41, 5.74) is 6.15. The number of sulfonamides is 1. The lowest BCUT2D eigenvalue weighted by atomic mass is 10.0. The molecule has 0 saturated carbocycles. The van der Waals surface area contributed by atoms with Crippen LogP contribution in [0.25, 0.3) is 0 Å². The smallest absolute Gasteiger partial charge is 0.322 e. The van der Waals surface area contributed by atoms with Gasteiger partial charge in [0.25, 0.3) is 5.91 Å². The maximum absolute atomic E-state index is 12.3. The quantitative estimate of drug-likeness (QED) is 0.148. The van der Waals surface area contributed by atoms with E-state index >= 15 is 0 Å². The molecule has 0 bridgehead atoms. The Hall–Kier alpha value is -2.86. The number of unbranched alkanes of at least 4 members (excludes halogenated alkanes) is 1. The fraction of sp³-hybridized carbons (Fsp3) is 0.526. The van der Waals surface area contributed by atoms with E-state index in [2.05, 4.69) is 15.4 Å². The zero-order valence-electron chi connectivity index (χ0n) is 17.3. The number of benzene rings is 1. The number of carbonyl (C=O) groups excluding carboxylic acids is 1. The molecule has 2 rings (SSSR count). The number of amides is 1. The highest BCUT2D eigenvalue weighted by molar-refractivity contribution is 7.89. The second kappa shape index (κ2) is 11.0. The topological polar surface area (TPSA) is 184 Å². The molecule has 11 nitrogen and oxygen atoms in total. The molecule has 1 aliphatic heterocycles. The molecule has 12 heteroatoms. The van der Waals surface area contributed by atoms with E-state index in [1.165, 1.54) is 0 Å². The number of ether oxygens (including phenoxy) is 1. The number of anilines is 1. The summed E-state index contributed by atoms with van der Waals surface area (Å²) in [7, 11) is -3.71. The molecule has 1 heterocycles. The van der Waals surface area contributed by atoms with Gasteiger partial charge in [-0.15, -0.1) is 0 Å². The summed E-state index contributed by atoms with van der Waals surface area (Å²) in [6, 6.07) is 3.52. The maximum Gasteiger partial charge on any atom is 0.322 e. The van der Waals surface area contributed by atoms with Crippen LogP contribution in [0.3, 0.4) is 0 Å². The summed E-state index contributed by atoms with van der Waals surface area (Å²) in [6.45, 7) is 2.29. The van der Waals surface area contributed by atoms with Crippen molar-refractivity contribution in [2.45, 2.75) is 51.2 Å². The largest absolute Gasteiger partial charge is 0.480 e. The van der Waals surface area contributed by atoms with Gasteiger partial charge in [0, 0.05) is 6.54 Å². The summed E-state index contributed by atoms with van der Waals surface area (Å²) in [4.78, 5) is 23.9. The molecular weight excluding hydrogens is 426 g/mol. The van der Waals surface area contributed by atoms with Gasteiger partial charge in [-0.1, -0.05) is 19.4 Å². The highest BCUT2D eigenvalue weighted by atomic mass is 32.2. The van der Waals surface area contributed by atoms with E-state index in [9.17, 15) is 23.1 Å². The van der Waals surface area contributed by atoms with Crippen LogP contribution in [0.2, 0.25) is 0 Å². The normalized spacial score (nSPS) is 16.5. The standard InChI is InChI=1S/C19H29N5O6S/c1-2-3-9-31(28,29)24-14(18(26)27)11-12-6-7-15-13(10-12)23-17(25)16(30-15)5-4-8-22-19(20)21/h6-7,10,14,16,24H,2-5,8-9,11H2,1H3,(H,23,25)(H,26,27)(H4,20,21,22)/t14-,16?/m0/s1. The Morgan fingerprint density at radius 2 is 2.13 bits per heavy atom. The van der Waals surface area contributed by atoms with Gasteiger partial charge < -0.3 is 26.2 Å².